The van der Waals surface area contributed by atoms with E-state index < -0.39 is 15.9 Å². The highest BCUT2D eigenvalue weighted by molar-refractivity contribution is 7.89. The number of hydrogen-bond acceptors (Lipinski definition) is 5. The second-order valence-electron chi connectivity index (χ2n) is 5.36. The molecule has 9 heteroatoms. The van der Waals surface area contributed by atoms with E-state index >= 15 is 0 Å². The number of sulfonamides is 1. The van der Waals surface area contributed by atoms with Crippen LogP contribution < -0.4 is 14.8 Å². The Hall–Kier alpha value is -2.52. The van der Waals surface area contributed by atoms with Crippen molar-refractivity contribution in [3.05, 3.63) is 36.2 Å². The monoisotopic (exact) mass is 381 g/mol. The summed E-state index contributed by atoms with van der Waals surface area (Å²) in [6, 6.07) is 6.29. The Morgan fingerprint density at radius 2 is 1.85 bits per heavy atom. The molecule has 26 heavy (non-hydrogen) atoms. The summed E-state index contributed by atoms with van der Waals surface area (Å²) in [6.07, 6.45) is 1.31. The van der Waals surface area contributed by atoms with E-state index in [1.165, 1.54) is 30.8 Å². The molecular weight excluding hydrogens is 358 g/mol. The van der Waals surface area contributed by atoms with Gasteiger partial charge >= 0.3 is 0 Å². The maximum Gasteiger partial charge on any atom is 0.272 e. The molecule has 8 nitrogen and oxygen atoms in total. The van der Waals surface area contributed by atoms with E-state index in [1.807, 2.05) is 0 Å². The van der Waals surface area contributed by atoms with Crippen LogP contribution in [-0.2, 0) is 10.0 Å². The third-order valence-corrected chi connectivity index (χ3v) is 5.93. The Balaban J connectivity index is 2.24. The molecule has 1 amide bonds. The van der Waals surface area contributed by atoms with Crippen molar-refractivity contribution in [1.29, 1.82) is 0 Å². The first-order valence-electron chi connectivity index (χ1n) is 8.09. The molecule has 0 radical (unpaired) electrons. The van der Waals surface area contributed by atoms with Gasteiger partial charge in [0.1, 0.15) is 22.1 Å². The van der Waals surface area contributed by atoms with Crippen LogP contribution in [0, 0.1) is 0 Å². The van der Waals surface area contributed by atoms with Crippen LogP contribution in [0.3, 0.4) is 0 Å². The highest BCUT2D eigenvalue weighted by Crippen LogP contribution is 2.29. The maximum atomic E-state index is 12.5. The van der Waals surface area contributed by atoms with Gasteiger partial charge in [-0.2, -0.15) is 4.31 Å². The first-order valence-corrected chi connectivity index (χ1v) is 9.53. The number of carbonyl (C=O) groups is 1. The number of nitrogens with one attached hydrogen (secondary N) is 2. The van der Waals surface area contributed by atoms with Crippen molar-refractivity contribution in [1.82, 2.24) is 9.29 Å². The van der Waals surface area contributed by atoms with Gasteiger partial charge in [0.15, 0.2) is 0 Å². The van der Waals surface area contributed by atoms with Crippen LogP contribution >= 0.6 is 0 Å². The van der Waals surface area contributed by atoms with Crippen molar-refractivity contribution < 1.29 is 22.7 Å². The number of benzene rings is 1. The molecule has 1 heterocycles. The number of ether oxygens (including phenoxy) is 2. The molecule has 142 valence electrons. The lowest BCUT2D eigenvalue weighted by molar-refractivity contribution is 0.102. The van der Waals surface area contributed by atoms with Gasteiger partial charge in [-0.3, -0.25) is 4.79 Å². The summed E-state index contributed by atoms with van der Waals surface area (Å²) in [5, 5.41) is 2.69. The van der Waals surface area contributed by atoms with Crippen molar-refractivity contribution in [3.63, 3.8) is 0 Å². The van der Waals surface area contributed by atoms with E-state index in [2.05, 4.69) is 10.3 Å². The average Bonchev–Trinajstić information content (AvgIpc) is 3.14. The van der Waals surface area contributed by atoms with Gasteiger partial charge in [-0.1, -0.05) is 13.8 Å². The second kappa shape index (κ2) is 8.24. The third kappa shape index (κ3) is 4.00. The summed E-state index contributed by atoms with van der Waals surface area (Å²) >= 11 is 0. The second-order valence-corrected chi connectivity index (χ2v) is 7.30. The molecule has 0 bridgehead atoms. The summed E-state index contributed by atoms with van der Waals surface area (Å²) in [6.45, 7) is 4.23. The number of anilines is 1. The first-order chi connectivity index (χ1) is 12.4. The fraction of sp³-hybridized carbons (Fsp3) is 0.353. The molecule has 2 rings (SSSR count). The van der Waals surface area contributed by atoms with Gasteiger partial charge in [-0.05, 0) is 18.2 Å². The van der Waals surface area contributed by atoms with E-state index in [0.717, 1.165) is 0 Å². The van der Waals surface area contributed by atoms with Crippen LogP contribution in [0.5, 0.6) is 11.5 Å². The number of hydrogen-bond donors (Lipinski definition) is 2. The van der Waals surface area contributed by atoms with Gasteiger partial charge in [0, 0.05) is 25.4 Å². The SMILES string of the molecule is CCN(CC)S(=O)(=O)c1c[nH]c(C(=O)Nc2ccc(OC)cc2OC)c1. The van der Waals surface area contributed by atoms with Crippen LogP contribution in [0.1, 0.15) is 24.3 Å². The fourth-order valence-corrected chi connectivity index (χ4v) is 3.91. The predicted octanol–water partition coefficient (Wildman–Crippen LogP) is 2.31. The number of amides is 1. The van der Waals surface area contributed by atoms with Gasteiger partial charge in [-0.15, -0.1) is 0 Å². The minimum absolute atomic E-state index is 0.0491. The number of nitrogens with zero attached hydrogens (tertiary/aromatic N) is 1. The molecular formula is C17H23N3O5S. The minimum Gasteiger partial charge on any atom is -0.497 e. The van der Waals surface area contributed by atoms with Crippen LogP contribution in [0.4, 0.5) is 5.69 Å². The summed E-state index contributed by atoms with van der Waals surface area (Å²) < 4.78 is 36.7. The molecule has 0 saturated heterocycles. The van der Waals surface area contributed by atoms with Gasteiger partial charge in [0.25, 0.3) is 5.91 Å². The van der Waals surface area contributed by atoms with E-state index in [1.54, 1.807) is 32.0 Å². The quantitative estimate of drug-likeness (QED) is 0.731. The molecule has 0 aliphatic rings. The maximum absolute atomic E-state index is 12.5. The third-order valence-electron chi connectivity index (χ3n) is 3.90. The molecule has 1 aromatic heterocycles. The Morgan fingerprint density at radius 3 is 2.42 bits per heavy atom. The molecule has 0 saturated carbocycles. The summed E-state index contributed by atoms with van der Waals surface area (Å²) in [5.74, 6) is 0.544. The number of carbonyl (C=O) groups excluding carboxylic acids is 1. The molecule has 0 atom stereocenters. The zero-order valence-corrected chi connectivity index (χ0v) is 16.0. The van der Waals surface area contributed by atoms with Crippen molar-refractivity contribution in [2.75, 3.05) is 32.6 Å². The van der Waals surface area contributed by atoms with Crippen molar-refractivity contribution in [3.8, 4) is 11.5 Å². The lowest BCUT2D eigenvalue weighted by Gasteiger charge is -2.16. The zero-order chi connectivity index (χ0) is 19.3. The van der Waals surface area contributed by atoms with E-state index in [0.29, 0.717) is 30.3 Å². The van der Waals surface area contributed by atoms with Gasteiger partial charge in [0.05, 0.1) is 19.9 Å². The number of H-pyrrole nitrogens is 1. The topological polar surface area (TPSA) is 101 Å². The number of methoxy groups -OCH3 is 2. The predicted molar refractivity (Wildman–Crippen MR) is 98.4 cm³/mol. The Bertz CT molecular complexity index is 872. The lowest BCUT2D eigenvalue weighted by Crippen LogP contribution is -2.30. The number of aromatic amines is 1. The van der Waals surface area contributed by atoms with Crippen LogP contribution in [0.25, 0.3) is 0 Å². The summed E-state index contributed by atoms with van der Waals surface area (Å²) in [4.78, 5) is 15.2. The van der Waals surface area contributed by atoms with Gasteiger partial charge < -0.3 is 19.8 Å². The molecule has 2 aromatic rings. The zero-order valence-electron chi connectivity index (χ0n) is 15.2. The summed E-state index contributed by atoms with van der Waals surface area (Å²) in [7, 11) is -0.616. The average molecular weight is 381 g/mol. The molecule has 0 unspecified atom stereocenters. The molecule has 0 aliphatic heterocycles. The fourth-order valence-electron chi connectivity index (χ4n) is 2.46. The molecule has 0 fully saturated rings. The molecule has 1 aromatic carbocycles. The molecule has 2 N–H and O–H groups in total. The number of aromatic nitrogens is 1. The van der Waals surface area contributed by atoms with Crippen LogP contribution in [0.15, 0.2) is 35.4 Å². The lowest BCUT2D eigenvalue weighted by atomic mass is 10.2. The number of rotatable bonds is 8. The van der Waals surface area contributed by atoms with Crippen LogP contribution in [0.2, 0.25) is 0 Å². The molecule has 0 spiro atoms. The van der Waals surface area contributed by atoms with E-state index in [9.17, 15) is 13.2 Å². The van der Waals surface area contributed by atoms with Gasteiger partial charge in [-0.25, -0.2) is 8.42 Å². The van der Waals surface area contributed by atoms with Crippen molar-refractivity contribution in [2.45, 2.75) is 18.7 Å². The minimum atomic E-state index is -3.63. The van der Waals surface area contributed by atoms with Gasteiger partial charge in [0.2, 0.25) is 10.0 Å². The van der Waals surface area contributed by atoms with Crippen molar-refractivity contribution in [2.24, 2.45) is 0 Å². The van der Waals surface area contributed by atoms with Crippen molar-refractivity contribution >= 4 is 21.6 Å². The van der Waals surface area contributed by atoms with E-state index in [4.69, 9.17) is 9.47 Å². The van der Waals surface area contributed by atoms with E-state index in [-0.39, 0.29) is 10.6 Å². The largest absolute Gasteiger partial charge is 0.497 e. The highest BCUT2D eigenvalue weighted by Gasteiger charge is 2.24. The van der Waals surface area contributed by atoms with Crippen LogP contribution in [-0.4, -0.2) is 50.9 Å². The Kier molecular flexibility index (Phi) is 6.27. The Labute approximate surface area is 153 Å². The first kappa shape index (κ1) is 19.8. The molecule has 0 aliphatic carbocycles. The smallest absolute Gasteiger partial charge is 0.272 e. The standard InChI is InChI=1S/C17H23N3O5S/c1-5-20(6-2)26(22,23)13-10-15(18-11-13)17(21)19-14-8-7-12(24-3)9-16(14)25-4/h7-11,18H,5-6H2,1-4H3,(H,19,21). The Morgan fingerprint density at radius 1 is 1.15 bits per heavy atom. The highest BCUT2D eigenvalue weighted by atomic mass is 32.2. The summed E-state index contributed by atoms with van der Waals surface area (Å²) in [5.41, 5.74) is 0.578. The normalized spacial score (nSPS) is 11.4.